The van der Waals surface area contributed by atoms with Gasteiger partial charge in [-0.3, -0.25) is 14.5 Å². The van der Waals surface area contributed by atoms with Crippen molar-refractivity contribution in [2.24, 2.45) is 5.92 Å². The molecule has 5 nitrogen and oxygen atoms in total. The molecule has 1 aliphatic heterocycles. The SMILES string of the molecule is CN1CC(=O)N(c2ccc(Br)cc2)CC(C(=O)O)C1. The van der Waals surface area contributed by atoms with Crippen LogP contribution < -0.4 is 4.90 Å². The molecule has 2 rings (SSSR count). The Bertz CT molecular complexity index is 489. The molecule has 0 radical (unpaired) electrons. The number of nitrogens with zero attached hydrogens (tertiary/aromatic N) is 2. The first kappa shape index (κ1) is 14.0. The molecule has 0 bridgehead atoms. The van der Waals surface area contributed by atoms with Crippen molar-refractivity contribution < 1.29 is 14.7 Å². The zero-order valence-electron chi connectivity index (χ0n) is 10.5. The maximum absolute atomic E-state index is 12.2. The molecule has 1 N–H and O–H groups in total. The number of amides is 1. The fourth-order valence-electron chi connectivity index (χ4n) is 2.16. The van der Waals surface area contributed by atoms with Gasteiger partial charge in [0.2, 0.25) is 5.91 Å². The summed E-state index contributed by atoms with van der Waals surface area (Å²) in [6.45, 7) is 0.827. The van der Waals surface area contributed by atoms with Crippen molar-refractivity contribution in [2.45, 2.75) is 0 Å². The average Bonchev–Trinajstić information content (AvgIpc) is 2.49. The minimum Gasteiger partial charge on any atom is -0.481 e. The fraction of sp³-hybridized carbons (Fsp3) is 0.385. The summed E-state index contributed by atoms with van der Waals surface area (Å²) in [5, 5.41) is 9.20. The van der Waals surface area contributed by atoms with Crippen LogP contribution in [0.4, 0.5) is 5.69 Å². The summed E-state index contributed by atoms with van der Waals surface area (Å²) in [5.74, 6) is -1.52. The van der Waals surface area contributed by atoms with E-state index in [9.17, 15) is 14.7 Å². The van der Waals surface area contributed by atoms with E-state index in [-0.39, 0.29) is 19.0 Å². The van der Waals surface area contributed by atoms with Gasteiger partial charge in [-0.25, -0.2) is 0 Å². The van der Waals surface area contributed by atoms with Gasteiger partial charge in [-0.2, -0.15) is 0 Å². The Balaban J connectivity index is 2.28. The number of hydrogen-bond acceptors (Lipinski definition) is 3. The average molecular weight is 327 g/mol. The second kappa shape index (κ2) is 5.71. The molecule has 19 heavy (non-hydrogen) atoms. The van der Waals surface area contributed by atoms with E-state index >= 15 is 0 Å². The number of carbonyl (C=O) groups excluding carboxylic acids is 1. The lowest BCUT2D eigenvalue weighted by molar-refractivity contribution is -0.141. The number of hydrogen-bond donors (Lipinski definition) is 1. The predicted molar refractivity (Wildman–Crippen MR) is 75.1 cm³/mol. The van der Waals surface area contributed by atoms with Gasteiger partial charge < -0.3 is 10.0 Å². The number of carboxylic acids is 1. The van der Waals surface area contributed by atoms with E-state index in [2.05, 4.69) is 15.9 Å². The maximum Gasteiger partial charge on any atom is 0.309 e. The van der Waals surface area contributed by atoms with Crippen molar-refractivity contribution in [3.63, 3.8) is 0 Å². The topological polar surface area (TPSA) is 60.9 Å². The van der Waals surface area contributed by atoms with Gasteiger partial charge in [-0.15, -0.1) is 0 Å². The quantitative estimate of drug-likeness (QED) is 0.893. The Labute approximate surface area is 119 Å². The highest BCUT2D eigenvalue weighted by molar-refractivity contribution is 9.10. The molecular formula is C13H15BrN2O3. The van der Waals surface area contributed by atoms with Gasteiger partial charge in [0.15, 0.2) is 0 Å². The standard InChI is InChI=1S/C13H15BrN2O3/c1-15-6-9(13(18)19)7-16(12(17)8-15)11-4-2-10(14)3-5-11/h2-5,9H,6-8H2,1H3,(H,18,19). The number of aliphatic carboxylic acids is 1. The third-order valence-corrected chi connectivity index (χ3v) is 3.66. The predicted octanol–water partition coefficient (Wildman–Crippen LogP) is 1.43. The van der Waals surface area contributed by atoms with Crippen molar-refractivity contribution in [2.75, 3.05) is 31.6 Å². The van der Waals surface area contributed by atoms with Crippen molar-refractivity contribution in [1.29, 1.82) is 0 Å². The first-order chi connectivity index (χ1) is 8.97. The molecule has 0 aliphatic carbocycles. The first-order valence-corrected chi connectivity index (χ1v) is 6.74. The van der Waals surface area contributed by atoms with E-state index < -0.39 is 11.9 Å². The van der Waals surface area contributed by atoms with Crippen LogP contribution in [0.1, 0.15) is 0 Å². The normalized spacial score (nSPS) is 21.3. The molecule has 1 atom stereocenters. The van der Waals surface area contributed by atoms with Gasteiger partial charge in [-0.1, -0.05) is 15.9 Å². The minimum absolute atomic E-state index is 0.0754. The molecule has 0 aromatic heterocycles. The zero-order valence-corrected chi connectivity index (χ0v) is 12.1. The van der Waals surface area contributed by atoms with Gasteiger partial charge >= 0.3 is 5.97 Å². The van der Waals surface area contributed by atoms with Crippen LogP contribution in [0, 0.1) is 5.92 Å². The maximum atomic E-state index is 12.2. The fourth-order valence-corrected chi connectivity index (χ4v) is 2.43. The Hall–Kier alpha value is -1.40. The van der Waals surface area contributed by atoms with Crippen LogP contribution in [0.3, 0.4) is 0 Å². The summed E-state index contributed by atoms with van der Waals surface area (Å²) >= 11 is 3.34. The molecule has 1 aromatic rings. The van der Waals surface area contributed by atoms with Crippen LogP contribution in [0.25, 0.3) is 0 Å². The van der Waals surface area contributed by atoms with Gasteiger partial charge in [0.25, 0.3) is 0 Å². The smallest absolute Gasteiger partial charge is 0.309 e. The highest BCUT2D eigenvalue weighted by Gasteiger charge is 2.30. The lowest BCUT2D eigenvalue weighted by atomic mass is 10.1. The highest BCUT2D eigenvalue weighted by atomic mass is 79.9. The van der Waals surface area contributed by atoms with E-state index in [4.69, 9.17) is 0 Å². The molecule has 1 saturated heterocycles. The van der Waals surface area contributed by atoms with Crippen molar-refractivity contribution in [3.05, 3.63) is 28.7 Å². The molecule has 0 spiro atoms. The van der Waals surface area contributed by atoms with E-state index in [0.717, 1.165) is 10.2 Å². The van der Waals surface area contributed by atoms with E-state index in [0.29, 0.717) is 6.54 Å². The number of carboxylic acid groups (broad SMARTS) is 1. The minimum atomic E-state index is -0.872. The molecule has 1 aliphatic rings. The molecule has 1 fully saturated rings. The monoisotopic (exact) mass is 326 g/mol. The van der Waals surface area contributed by atoms with Crippen LogP contribution in [0.2, 0.25) is 0 Å². The number of halogens is 1. The van der Waals surface area contributed by atoms with Gasteiger partial charge in [-0.05, 0) is 31.3 Å². The summed E-state index contributed by atoms with van der Waals surface area (Å²) in [6, 6.07) is 7.30. The summed E-state index contributed by atoms with van der Waals surface area (Å²) in [5.41, 5.74) is 0.731. The van der Waals surface area contributed by atoms with Crippen molar-refractivity contribution in [3.8, 4) is 0 Å². The lowest BCUT2D eigenvalue weighted by Crippen LogP contribution is -2.37. The van der Waals surface area contributed by atoms with Crippen molar-refractivity contribution in [1.82, 2.24) is 4.90 Å². The molecule has 6 heteroatoms. The van der Waals surface area contributed by atoms with Gasteiger partial charge in [0.1, 0.15) is 0 Å². The molecule has 102 valence electrons. The molecule has 0 saturated carbocycles. The Morgan fingerprint density at radius 1 is 1.32 bits per heavy atom. The van der Waals surface area contributed by atoms with Gasteiger partial charge in [0, 0.05) is 23.2 Å². The molecule has 1 unspecified atom stereocenters. The van der Waals surface area contributed by atoms with Crippen LogP contribution in [0.15, 0.2) is 28.7 Å². The highest BCUT2D eigenvalue weighted by Crippen LogP contribution is 2.21. The van der Waals surface area contributed by atoms with Crippen LogP contribution >= 0.6 is 15.9 Å². The number of benzene rings is 1. The molecule has 1 amide bonds. The molecular weight excluding hydrogens is 312 g/mol. The largest absolute Gasteiger partial charge is 0.481 e. The molecule has 1 aromatic carbocycles. The number of likely N-dealkylation sites (N-methyl/N-ethyl adjacent to an activating group) is 1. The summed E-state index contributed by atoms with van der Waals surface area (Å²) in [4.78, 5) is 26.7. The summed E-state index contributed by atoms with van der Waals surface area (Å²) in [7, 11) is 1.76. The Morgan fingerprint density at radius 2 is 1.95 bits per heavy atom. The molecule has 1 heterocycles. The Kier molecular flexibility index (Phi) is 4.21. The number of anilines is 1. The van der Waals surface area contributed by atoms with Crippen molar-refractivity contribution >= 4 is 33.5 Å². The van der Waals surface area contributed by atoms with E-state index in [1.165, 1.54) is 0 Å². The number of carbonyl (C=O) groups is 2. The third-order valence-electron chi connectivity index (χ3n) is 3.13. The zero-order chi connectivity index (χ0) is 14.0. The second-order valence-corrected chi connectivity index (χ2v) is 5.63. The second-order valence-electron chi connectivity index (χ2n) is 4.71. The Morgan fingerprint density at radius 3 is 2.53 bits per heavy atom. The summed E-state index contributed by atoms with van der Waals surface area (Å²) in [6.07, 6.45) is 0. The lowest BCUT2D eigenvalue weighted by Gasteiger charge is -2.22. The van der Waals surface area contributed by atoms with Crippen LogP contribution in [-0.4, -0.2) is 48.6 Å². The summed E-state index contributed by atoms with van der Waals surface area (Å²) < 4.78 is 0.922. The third kappa shape index (κ3) is 3.33. The van der Waals surface area contributed by atoms with E-state index in [1.807, 2.05) is 24.3 Å². The van der Waals surface area contributed by atoms with E-state index in [1.54, 1.807) is 16.8 Å². The van der Waals surface area contributed by atoms with Crippen LogP contribution in [-0.2, 0) is 9.59 Å². The number of rotatable bonds is 2. The first-order valence-electron chi connectivity index (χ1n) is 5.94. The van der Waals surface area contributed by atoms with Gasteiger partial charge in [0.05, 0.1) is 12.5 Å². The van der Waals surface area contributed by atoms with Crippen LogP contribution in [0.5, 0.6) is 0 Å².